The van der Waals surface area contributed by atoms with Crippen LogP contribution in [0.15, 0.2) is 36.4 Å². The Labute approximate surface area is 129 Å². The minimum atomic E-state index is -0.176. The van der Waals surface area contributed by atoms with Gasteiger partial charge in [-0.15, -0.1) is 11.6 Å². The van der Waals surface area contributed by atoms with Gasteiger partial charge in [0.15, 0.2) is 0 Å². The molecule has 1 aliphatic rings. The van der Waals surface area contributed by atoms with Crippen molar-refractivity contribution in [3.05, 3.63) is 63.7 Å². The first kappa shape index (κ1) is 13.8. The van der Waals surface area contributed by atoms with Crippen LogP contribution in [-0.4, -0.2) is 6.61 Å². The average Bonchev–Trinajstić information content (AvgIpc) is 2.86. The van der Waals surface area contributed by atoms with Crippen molar-refractivity contribution in [3.63, 3.8) is 0 Å². The highest BCUT2D eigenvalue weighted by molar-refractivity contribution is 6.33. The largest absolute Gasteiger partial charge is 0.493 e. The third-order valence-electron chi connectivity index (χ3n) is 4.00. The monoisotopic (exact) mass is 306 g/mol. The van der Waals surface area contributed by atoms with Crippen molar-refractivity contribution in [3.8, 4) is 5.75 Å². The van der Waals surface area contributed by atoms with E-state index in [1.165, 1.54) is 16.7 Å². The summed E-state index contributed by atoms with van der Waals surface area (Å²) in [5, 5.41) is 0.558. The molecule has 2 atom stereocenters. The smallest absolute Gasteiger partial charge is 0.122 e. The van der Waals surface area contributed by atoms with Gasteiger partial charge in [0, 0.05) is 16.5 Å². The Balaban J connectivity index is 1.98. The molecule has 2 aromatic carbocycles. The van der Waals surface area contributed by atoms with E-state index in [1.807, 2.05) is 24.3 Å². The van der Waals surface area contributed by atoms with Gasteiger partial charge in [0.2, 0.25) is 0 Å². The standard InChI is InChI=1S/C17H16Cl2O/c1-10-7-13(15(18)8-11(10)2)17(19)14-9-20-16-6-4-3-5-12(14)16/h3-8,14,17H,9H2,1-2H3. The zero-order valence-electron chi connectivity index (χ0n) is 11.5. The second-order valence-electron chi connectivity index (χ2n) is 5.32. The number of para-hydroxylation sites is 1. The van der Waals surface area contributed by atoms with E-state index in [9.17, 15) is 0 Å². The second-order valence-corrected chi connectivity index (χ2v) is 6.19. The van der Waals surface area contributed by atoms with E-state index in [0.717, 1.165) is 16.3 Å². The van der Waals surface area contributed by atoms with Gasteiger partial charge in [0.25, 0.3) is 0 Å². The fraction of sp³-hybridized carbons (Fsp3) is 0.294. The van der Waals surface area contributed by atoms with Crippen molar-refractivity contribution >= 4 is 23.2 Å². The molecule has 2 unspecified atom stereocenters. The predicted molar refractivity (Wildman–Crippen MR) is 84.2 cm³/mol. The molecule has 0 fully saturated rings. The molecule has 3 heteroatoms. The highest BCUT2D eigenvalue weighted by Gasteiger charge is 2.32. The van der Waals surface area contributed by atoms with Gasteiger partial charge in [-0.05, 0) is 42.7 Å². The van der Waals surface area contributed by atoms with E-state index in [-0.39, 0.29) is 11.3 Å². The van der Waals surface area contributed by atoms with Crippen LogP contribution in [0.3, 0.4) is 0 Å². The van der Waals surface area contributed by atoms with Crippen LogP contribution in [0.2, 0.25) is 5.02 Å². The second kappa shape index (κ2) is 5.31. The molecule has 1 aliphatic heterocycles. The number of hydrogen-bond donors (Lipinski definition) is 0. The van der Waals surface area contributed by atoms with Crippen molar-refractivity contribution in [1.29, 1.82) is 0 Å². The van der Waals surface area contributed by atoms with Crippen molar-refractivity contribution in [2.45, 2.75) is 25.1 Å². The van der Waals surface area contributed by atoms with Crippen molar-refractivity contribution in [2.75, 3.05) is 6.61 Å². The summed E-state index contributed by atoms with van der Waals surface area (Å²) in [5.74, 6) is 1.08. The normalized spacial score (nSPS) is 18.5. The first-order valence-electron chi connectivity index (χ1n) is 6.70. The number of ether oxygens (including phenoxy) is 1. The van der Waals surface area contributed by atoms with E-state index in [2.05, 4.69) is 26.0 Å². The molecule has 0 aliphatic carbocycles. The molecule has 0 radical (unpaired) electrons. The van der Waals surface area contributed by atoms with Crippen LogP contribution < -0.4 is 4.74 Å². The molecule has 0 saturated carbocycles. The Bertz CT molecular complexity index is 651. The van der Waals surface area contributed by atoms with Gasteiger partial charge in [0.1, 0.15) is 5.75 Å². The summed E-state index contributed by atoms with van der Waals surface area (Å²) in [6.07, 6.45) is 0. The third-order valence-corrected chi connectivity index (χ3v) is 4.87. The van der Waals surface area contributed by atoms with Gasteiger partial charge in [-0.25, -0.2) is 0 Å². The fourth-order valence-corrected chi connectivity index (χ4v) is 3.44. The summed E-state index contributed by atoms with van der Waals surface area (Å²) in [4.78, 5) is 0. The Morgan fingerprint density at radius 3 is 2.65 bits per heavy atom. The molecule has 20 heavy (non-hydrogen) atoms. The molecule has 0 amide bonds. The fourth-order valence-electron chi connectivity index (χ4n) is 2.66. The van der Waals surface area contributed by atoms with Crippen molar-refractivity contribution in [2.24, 2.45) is 0 Å². The van der Waals surface area contributed by atoms with E-state index in [4.69, 9.17) is 27.9 Å². The highest BCUT2D eigenvalue weighted by Crippen LogP contribution is 2.46. The van der Waals surface area contributed by atoms with Crippen LogP contribution in [0.5, 0.6) is 5.75 Å². The maximum absolute atomic E-state index is 6.71. The number of hydrogen-bond acceptors (Lipinski definition) is 1. The summed E-state index contributed by atoms with van der Waals surface area (Å²) >= 11 is 13.1. The van der Waals surface area contributed by atoms with Gasteiger partial charge >= 0.3 is 0 Å². The number of aryl methyl sites for hydroxylation is 2. The van der Waals surface area contributed by atoms with Crippen molar-refractivity contribution < 1.29 is 4.74 Å². The van der Waals surface area contributed by atoms with Crippen LogP contribution in [0, 0.1) is 13.8 Å². The summed E-state index contributed by atoms with van der Waals surface area (Å²) in [7, 11) is 0. The lowest BCUT2D eigenvalue weighted by Gasteiger charge is -2.19. The van der Waals surface area contributed by atoms with Gasteiger partial charge in [-0.3, -0.25) is 0 Å². The number of halogens is 2. The van der Waals surface area contributed by atoms with Crippen molar-refractivity contribution in [1.82, 2.24) is 0 Å². The number of rotatable bonds is 2. The van der Waals surface area contributed by atoms with Crippen LogP contribution in [0.25, 0.3) is 0 Å². The van der Waals surface area contributed by atoms with Crippen LogP contribution in [-0.2, 0) is 0 Å². The summed E-state index contributed by atoms with van der Waals surface area (Å²) in [6, 6.07) is 12.2. The van der Waals surface area contributed by atoms with Gasteiger partial charge in [0.05, 0.1) is 12.0 Å². The summed E-state index contributed by atoms with van der Waals surface area (Å²) in [6.45, 7) is 4.75. The zero-order valence-corrected chi connectivity index (χ0v) is 13.0. The molecule has 0 spiro atoms. The van der Waals surface area contributed by atoms with Gasteiger partial charge in [-0.1, -0.05) is 35.9 Å². The van der Waals surface area contributed by atoms with Crippen LogP contribution >= 0.6 is 23.2 Å². The Morgan fingerprint density at radius 2 is 1.85 bits per heavy atom. The molecule has 0 bridgehead atoms. The quantitative estimate of drug-likeness (QED) is 0.674. The lowest BCUT2D eigenvalue weighted by molar-refractivity contribution is 0.328. The minimum absolute atomic E-state index is 0.146. The number of benzene rings is 2. The number of alkyl halides is 1. The first-order valence-corrected chi connectivity index (χ1v) is 7.52. The third kappa shape index (κ3) is 2.30. The van der Waals surface area contributed by atoms with Gasteiger partial charge < -0.3 is 4.74 Å². The number of fused-ring (bicyclic) bond motifs is 1. The lowest BCUT2D eigenvalue weighted by atomic mass is 9.92. The average molecular weight is 307 g/mol. The molecule has 1 nitrogen and oxygen atoms in total. The molecular formula is C17H16Cl2O. The first-order chi connectivity index (χ1) is 9.58. The molecule has 0 N–H and O–H groups in total. The molecule has 2 aromatic rings. The van der Waals surface area contributed by atoms with Crippen LogP contribution in [0.4, 0.5) is 0 Å². The summed E-state index contributed by atoms with van der Waals surface area (Å²) < 4.78 is 5.72. The Kier molecular flexibility index (Phi) is 3.66. The zero-order chi connectivity index (χ0) is 14.3. The molecule has 3 rings (SSSR count). The predicted octanol–water partition coefficient (Wildman–Crippen LogP) is 5.41. The molecular weight excluding hydrogens is 291 g/mol. The molecule has 104 valence electrons. The SMILES string of the molecule is Cc1cc(Cl)c(C(Cl)C2COc3ccccc32)cc1C. The highest BCUT2D eigenvalue weighted by atomic mass is 35.5. The van der Waals surface area contributed by atoms with E-state index in [1.54, 1.807) is 0 Å². The lowest BCUT2D eigenvalue weighted by Crippen LogP contribution is -2.09. The minimum Gasteiger partial charge on any atom is -0.493 e. The summed E-state index contributed by atoms with van der Waals surface area (Å²) in [5.41, 5.74) is 4.55. The van der Waals surface area contributed by atoms with Crippen LogP contribution in [0.1, 0.15) is 33.5 Å². The maximum Gasteiger partial charge on any atom is 0.122 e. The Morgan fingerprint density at radius 1 is 1.15 bits per heavy atom. The Hall–Kier alpha value is -1.18. The topological polar surface area (TPSA) is 9.23 Å². The maximum atomic E-state index is 6.71. The molecule has 1 heterocycles. The molecule has 0 aromatic heterocycles. The van der Waals surface area contributed by atoms with Gasteiger partial charge in [-0.2, -0.15) is 0 Å². The molecule has 0 saturated heterocycles. The van der Waals surface area contributed by atoms with E-state index < -0.39 is 0 Å². The van der Waals surface area contributed by atoms with E-state index >= 15 is 0 Å². The van der Waals surface area contributed by atoms with E-state index in [0.29, 0.717) is 6.61 Å².